The molecule has 0 spiro atoms. The molecule has 0 unspecified atom stereocenters. The lowest BCUT2D eigenvalue weighted by Crippen LogP contribution is -2.16. The molecule has 0 bridgehead atoms. The average Bonchev–Trinajstić information content (AvgIpc) is 2.33. The van der Waals surface area contributed by atoms with Gasteiger partial charge in [0.1, 0.15) is 0 Å². The van der Waals surface area contributed by atoms with Gasteiger partial charge in [0, 0.05) is 11.5 Å². The molecule has 100 valence electrons. The van der Waals surface area contributed by atoms with E-state index in [4.69, 9.17) is 0 Å². The van der Waals surface area contributed by atoms with Gasteiger partial charge >= 0.3 is 0 Å². The topological polar surface area (TPSA) is 17.1 Å². The number of ketones is 1. The Morgan fingerprint density at radius 2 is 1.44 bits per heavy atom. The van der Waals surface area contributed by atoms with Gasteiger partial charge in [-0.3, -0.25) is 4.79 Å². The van der Waals surface area contributed by atoms with Gasteiger partial charge in [-0.2, -0.15) is 0 Å². The monoisotopic (exact) mass is 246 g/mol. The van der Waals surface area contributed by atoms with Crippen LogP contribution in [0.1, 0.15) is 66.6 Å². The van der Waals surface area contributed by atoms with Crippen LogP contribution < -0.4 is 0 Å². The zero-order valence-corrected chi connectivity index (χ0v) is 12.5. The fourth-order valence-electron chi connectivity index (χ4n) is 2.55. The second-order valence-electron chi connectivity index (χ2n) is 5.39. The summed E-state index contributed by atoms with van der Waals surface area (Å²) in [7, 11) is 0. The molecule has 0 saturated heterocycles. The Bertz CT molecular complexity index is 412. The molecule has 1 nitrogen and oxygen atoms in total. The first-order valence-electron chi connectivity index (χ1n) is 7.13. The highest BCUT2D eigenvalue weighted by Gasteiger charge is 2.20. The molecule has 1 aromatic carbocycles. The minimum absolute atomic E-state index is 0.209. The van der Waals surface area contributed by atoms with Crippen molar-refractivity contribution in [1.29, 1.82) is 0 Å². The number of hydrogen-bond acceptors (Lipinski definition) is 1. The van der Waals surface area contributed by atoms with Gasteiger partial charge in [-0.05, 0) is 56.4 Å². The van der Waals surface area contributed by atoms with E-state index in [1.807, 2.05) is 0 Å². The van der Waals surface area contributed by atoms with Crippen LogP contribution in [-0.4, -0.2) is 5.78 Å². The maximum atomic E-state index is 12.6. The van der Waals surface area contributed by atoms with E-state index in [1.54, 1.807) is 0 Å². The normalized spacial score (nSPS) is 11.0. The van der Waals surface area contributed by atoms with Crippen LogP contribution in [0.4, 0.5) is 0 Å². The van der Waals surface area contributed by atoms with Gasteiger partial charge in [0.15, 0.2) is 5.78 Å². The quantitative estimate of drug-likeness (QED) is 0.645. The molecular formula is C17H26O. The van der Waals surface area contributed by atoms with Crippen molar-refractivity contribution in [3.63, 3.8) is 0 Å². The molecule has 18 heavy (non-hydrogen) atoms. The first kappa shape index (κ1) is 14.9. The van der Waals surface area contributed by atoms with Crippen molar-refractivity contribution in [3.8, 4) is 0 Å². The lowest BCUT2D eigenvalue weighted by atomic mass is 9.87. The number of benzene rings is 1. The molecule has 0 aliphatic rings. The van der Waals surface area contributed by atoms with E-state index in [1.165, 1.54) is 11.1 Å². The Hall–Kier alpha value is -1.11. The maximum Gasteiger partial charge on any atom is 0.166 e. The highest BCUT2D eigenvalue weighted by molar-refractivity contribution is 5.99. The first-order chi connectivity index (χ1) is 8.51. The van der Waals surface area contributed by atoms with E-state index in [9.17, 15) is 4.79 Å². The number of hydrogen-bond donors (Lipinski definition) is 0. The summed E-state index contributed by atoms with van der Waals surface area (Å²) in [5.41, 5.74) is 4.55. The van der Waals surface area contributed by atoms with Crippen molar-refractivity contribution < 1.29 is 4.79 Å². The smallest absolute Gasteiger partial charge is 0.166 e. The predicted molar refractivity (Wildman–Crippen MR) is 78.3 cm³/mol. The molecule has 0 aromatic heterocycles. The fourth-order valence-corrected chi connectivity index (χ4v) is 2.55. The van der Waals surface area contributed by atoms with Gasteiger partial charge < -0.3 is 0 Å². The molecule has 0 heterocycles. The predicted octanol–water partition coefficient (Wildman–Crippen LogP) is 5.01. The van der Waals surface area contributed by atoms with Crippen molar-refractivity contribution in [1.82, 2.24) is 0 Å². The fraction of sp³-hybridized carbons (Fsp3) is 0.588. The molecule has 0 radical (unpaired) electrons. The Balaban J connectivity index is 3.04. The summed E-state index contributed by atoms with van der Waals surface area (Å²) >= 11 is 0. The molecule has 0 N–H and O–H groups in total. The third-order valence-corrected chi connectivity index (χ3v) is 3.75. The molecular weight excluding hydrogens is 220 g/mol. The van der Waals surface area contributed by atoms with E-state index in [2.05, 4.69) is 46.8 Å². The first-order valence-corrected chi connectivity index (χ1v) is 7.13. The Morgan fingerprint density at radius 1 is 0.944 bits per heavy atom. The van der Waals surface area contributed by atoms with Gasteiger partial charge in [-0.15, -0.1) is 0 Å². The largest absolute Gasteiger partial charge is 0.294 e. The third kappa shape index (κ3) is 3.44. The van der Waals surface area contributed by atoms with Crippen LogP contribution >= 0.6 is 0 Å². The standard InChI is InChI=1S/C17H26O/c1-6-8-15(9-7-2)17(18)16-11-13(4)12(3)10-14(16)5/h10-11,15H,6-9H2,1-5H3. The van der Waals surface area contributed by atoms with Crippen LogP contribution in [0.3, 0.4) is 0 Å². The van der Waals surface area contributed by atoms with Crippen LogP contribution in [-0.2, 0) is 0 Å². The summed E-state index contributed by atoms with van der Waals surface area (Å²) in [6.45, 7) is 10.5. The van der Waals surface area contributed by atoms with Gasteiger partial charge in [0.25, 0.3) is 0 Å². The Kier molecular flexibility index (Phi) is 5.58. The van der Waals surface area contributed by atoms with Crippen LogP contribution in [0, 0.1) is 26.7 Å². The van der Waals surface area contributed by atoms with Crippen molar-refractivity contribution in [2.75, 3.05) is 0 Å². The molecule has 0 amide bonds. The second-order valence-corrected chi connectivity index (χ2v) is 5.39. The van der Waals surface area contributed by atoms with Gasteiger partial charge in [-0.25, -0.2) is 0 Å². The zero-order chi connectivity index (χ0) is 13.7. The second kappa shape index (κ2) is 6.72. The minimum atomic E-state index is 0.209. The molecule has 0 saturated carbocycles. The summed E-state index contributed by atoms with van der Waals surface area (Å²) in [6, 6.07) is 4.21. The number of carbonyl (C=O) groups is 1. The molecule has 0 aliphatic carbocycles. The van der Waals surface area contributed by atoms with E-state index in [-0.39, 0.29) is 5.92 Å². The average molecular weight is 246 g/mol. The summed E-state index contributed by atoms with van der Waals surface area (Å²) in [5, 5.41) is 0. The number of carbonyl (C=O) groups excluding carboxylic acids is 1. The lowest BCUT2D eigenvalue weighted by Gasteiger charge is -2.16. The van der Waals surface area contributed by atoms with Gasteiger partial charge in [-0.1, -0.05) is 32.8 Å². The molecule has 1 heteroatoms. The van der Waals surface area contributed by atoms with Crippen LogP contribution in [0.5, 0.6) is 0 Å². The molecule has 0 atom stereocenters. The maximum absolute atomic E-state index is 12.6. The van der Waals surface area contributed by atoms with Crippen LogP contribution in [0.15, 0.2) is 12.1 Å². The van der Waals surface area contributed by atoms with Crippen molar-refractivity contribution in [2.24, 2.45) is 5.92 Å². The van der Waals surface area contributed by atoms with Gasteiger partial charge in [0.05, 0.1) is 0 Å². The summed E-state index contributed by atoms with van der Waals surface area (Å²) in [4.78, 5) is 12.6. The van der Waals surface area contributed by atoms with Crippen molar-refractivity contribution in [2.45, 2.75) is 60.3 Å². The SMILES string of the molecule is CCCC(CCC)C(=O)c1cc(C)c(C)cc1C. The highest BCUT2D eigenvalue weighted by Crippen LogP contribution is 2.23. The highest BCUT2D eigenvalue weighted by atomic mass is 16.1. The van der Waals surface area contributed by atoms with E-state index >= 15 is 0 Å². The van der Waals surface area contributed by atoms with Gasteiger partial charge in [0.2, 0.25) is 0 Å². The zero-order valence-electron chi connectivity index (χ0n) is 12.5. The third-order valence-electron chi connectivity index (χ3n) is 3.75. The van der Waals surface area contributed by atoms with Crippen molar-refractivity contribution in [3.05, 3.63) is 34.4 Å². The number of Topliss-reactive ketones (excluding diaryl/α,β-unsaturated/α-hetero) is 1. The number of rotatable bonds is 6. The molecule has 1 rings (SSSR count). The summed E-state index contributed by atoms with van der Waals surface area (Å²) in [6.07, 6.45) is 4.19. The Morgan fingerprint density at radius 3 is 1.94 bits per heavy atom. The van der Waals surface area contributed by atoms with E-state index in [0.717, 1.165) is 36.8 Å². The summed E-state index contributed by atoms with van der Waals surface area (Å²) < 4.78 is 0. The summed E-state index contributed by atoms with van der Waals surface area (Å²) in [5.74, 6) is 0.556. The molecule has 0 fully saturated rings. The lowest BCUT2D eigenvalue weighted by molar-refractivity contribution is 0.0904. The Labute approximate surface area is 112 Å². The van der Waals surface area contributed by atoms with E-state index < -0.39 is 0 Å². The van der Waals surface area contributed by atoms with Crippen LogP contribution in [0.2, 0.25) is 0 Å². The molecule has 0 aliphatic heterocycles. The molecule has 1 aromatic rings. The number of aryl methyl sites for hydroxylation is 3. The minimum Gasteiger partial charge on any atom is -0.294 e. The van der Waals surface area contributed by atoms with E-state index in [0.29, 0.717) is 5.78 Å². The van der Waals surface area contributed by atoms with Crippen molar-refractivity contribution >= 4 is 5.78 Å². The van der Waals surface area contributed by atoms with Crippen LogP contribution in [0.25, 0.3) is 0 Å².